The second-order valence-corrected chi connectivity index (χ2v) is 5.06. The van der Waals surface area contributed by atoms with Gasteiger partial charge in [0.15, 0.2) is 0 Å². The van der Waals surface area contributed by atoms with Crippen molar-refractivity contribution in [3.63, 3.8) is 0 Å². The number of hydrogen-bond acceptors (Lipinski definition) is 6. The lowest BCUT2D eigenvalue weighted by molar-refractivity contribution is 0.182. The molecule has 0 spiro atoms. The first-order valence-corrected chi connectivity index (χ1v) is 5.89. The van der Waals surface area contributed by atoms with Gasteiger partial charge in [-0.1, -0.05) is 6.58 Å². The van der Waals surface area contributed by atoms with Gasteiger partial charge < -0.3 is 9.42 Å². The smallest absolute Gasteiger partial charge is 0.412 e. The van der Waals surface area contributed by atoms with E-state index in [-0.39, 0.29) is 0 Å². The van der Waals surface area contributed by atoms with Crippen LogP contribution in [0.4, 0.5) is 0 Å². The van der Waals surface area contributed by atoms with E-state index < -0.39 is 15.6 Å². The molecule has 0 saturated carbocycles. The molecule has 2 unspecified atom stereocenters. The summed E-state index contributed by atoms with van der Waals surface area (Å²) in [4.78, 5) is 8.76. The summed E-state index contributed by atoms with van der Waals surface area (Å²) in [6, 6.07) is 0. The predicted molar refractivity (Wildman–Crippen MR) is 43.8 cm³/mol. The van der Waals surface area contributed by atoms with Crippen LogP contribution in [0.3, 0.4) is 0 Å². The summed E-state index contributed by atoms with van der Waals surface area (Å²) in [5, 5.41) is 0. The Morgan fingerprint density at radius 3 is 2.15 bits per heavy atom. The van der Waals surface area contributed by atoms with Crippen LogP contribution in [0.15, 0.2) is 12.8 Å². The Morgan fingerprint density at radius 1 is 1.31 bits per heavy atom. The van der Waals surface area contributed by atoms with Crippen LogP contribution >= 0.6 is 15.6 Å². The van der Waals surface area contributed by atoms with Crippen molar-refractivity contribution in [2.24, 2.45) is 0 Å². The van der Waals surface area contributed by atoms with Crippen LogP contribution in [0.25, 0.3) is 0 Å². The van der Waals surface area contributed by atoms with E-state index in [0.717, 1.165) is 20.5 Å². The molecule has 0 heterocycles. The van der Waals surface area contributed by atoms with Crippen LogP contribution in [-0.2, 0) is 27.0 Å². The summed E-state index contributed by atoms with van der Waals surface area (Å²) in [6.45, 7) is 3.08. The van der Waals surface area contributed by atoms with Crippen molar-refractivity contribution in [2.75, 3.05) is 14.2 Å². The van der Waals surface area contributed by atoms with Gasteiger partial charge in [0, 0.05) is 14.2 Å². The minimum absolute atomic E-state index is 0.764. The first-order valence-electron chi connectivity index (χ1n) is 2.94. The van der Waals surface area contributed by atoms with Gasteiger partial charge in [-0.3, -0.25) is 9.05 Å². The number of phosphoric ester groups is 2. The van der Waals surface area contributed by atoms with Gasteiger partial charge in [-0.05, 0) is 0 Å². The zero-order valence-electron chi connectivity index (χ0n) is 7.08. The van der Waals surface area contributed by atoms with Crippen LogP contribution in [0.2, 0.25) is 0 Å². The number of hydrogen-bond donors (Lipinski definition) is 1. The van der Waals surface area contributed by atoms with Gasteiger partial charge in [0.25, 0.3) is 0 Å². The molecule has 0 aromatic heterocycles. The Morgan fingerprint density at radius 2 is 1.85 bits per heavy atom. The van der Waals surface area contributed by atoms with Crippen LogP contribution in [0.1, 0.15) is 0 Å². The van der Waals surface area contributed by atoms with Crippen molar-refractivity contribution in [1.29, 1.82) is 0 Å². The molecule has 0 aliphatic heterocycles. The first-order chi connectivity index (χ1) is 5.89. The third kappa shape index (κ3) is 4.57. The van der Waals surface area contributed by atoms with Crippen molar-refractivity contribution in [3.8, 4) is 0 Å². The average Bonchev–Trinajstić information content (AvgIpc) is 2.04. The molecule has 0 amide bonds. The highest BCUT2D eigenvalue weighted by atomic mass is 31.3. The van der Waals surface area contributed by atoms with E-state index in [2.05, 4.69) is 24.5 Å². The van der Waals surface area contributed by atoms with Crippen molar-refractivity contribution in [3.05, 3.63) is 12.8 Å². The van der Waals surface area contributed by atoms with Crippen LogP contribution in [0, 0.1) is 0 Å². The molecule has 78 valence electrons. The van der Waals surface area contributed by atoms with E-state index in [1.165, 1.54) is 0 Å². The molecule has 0 aliphatic rings. The van der Waals surface area contributed by atoms with Crippen molar-refractivity contribution in [2.45, 2.75) is 0 Å². The predicted octanol–water partition coefficient (Wildman–Crippen LogP) is 1.66. The quantitative estimate of drug-likeness (QED) is 0.549. The molecule has 9 heteroatoms. The lowest BCUT2D eigenvalue weighted by Gasteiger charge is -2.15. The van der Waals surface area contributed by atoms with E-state index in [1.54, 1.807) is 0 Å². The van der Waals surface area contributed by atoms with Crippen LogP contribution in [0.5, 0.6) is 0 Å². The summed E-state index contributed by atoms with van der Waals surface area (Å²) in [6.07, 6.45) is 0.764. The molecule has 2 atom stereocenters. The molecule has 0 saturated heterocycles. The van der Waals surface area contributed by atoms with Crippen LogP contribution < -0.4 is 0 Å². The molecule has 7 nitrogen and oxygen atoms in total. The zero-order chi connectivity index (χ0) is 10.5. The molecule has 0 aromatic rings. The molecule has 0 aromatic carbocycles. The fourth-order valence-corrected chi connectivity index (χ4v) is 2.31. The molecular weight excluding hydrogens is 222 g/mol. The Kier molecular flexibility index (Phi) is 4.85. The van der Waals surface area contributed by atoms with Gasteiger partial charge in [-0.25, -0.2) is 9.13 Å². The largest absolute Gasteiger partial charge is 0.538 e. The van der Waals surface area contributed by atoms with Gasteiger partial charge in [0.2, 0.25) is 0 Å². The Hall–Kier alpha value is -0.160. The van der Waals surface area contributed by atoms with E-state index in [1.807, 2.05) is 0 Å². The third-order valence-corrected chi connectivity index (χ3v) is 3.80. The zero-order valence-corrected chi connectivity index (χ0v) is 8.86. The standard InChI is InChI=1S/C4H10O7P2/c1-4-10-13(7,9-3)11-12(5,6)8-2/h4H,1H2,2-3H3,(H,5,6). The Balaban J connectivity index is 4.54. The minimum atomic E-state index is -4.40. The van der Waals surface area contributed by atoms with Crippen molar-refractivity contribution in [1.82, 2.24) is 0 Å². The average molecular weight is 232 g/mol. The molecule has 0 aliphatic carbocycles. The topological polar surface area (TPSA) is 91.3 Å². The molecule has 0 rings (SSSR count). The summed E-state index contributed by atoms with van der Waals surface area (Å²) in [7, 11) is -6.60. The lowest BCUT2D eigenvalue weighted by Crippen LogP contribution is -1.94. The van der Waals surface area contributed by atoms with Crippen molar-refractivity contribution >= 4 is 15.6 Å². The van der Waals surface area contributed by atoms with E-state index >= 15 is 0 Å². The summed E-state index contributed by atoms with van der Waals surface area (Å²) < 4.78 is 38.6. The Labute approximate surface area is 75.5 Å². The Bertz CT molecular complexity index is 261. The fraction of sp³-hybridized carbons (Fsp3) is 0.500. The van der Waals surface area contributed by atoms with Gasteiger partial charge >= 0.3 is 15.6 Å². The van der Waals surface area contributed by atoms with Gasteiger partial charge in [-0.2, -0.15) is 4.31 Å². The van der Waals surface area contributed by atoms with E-state index in [9.17, 15) is 9.13 Å². The first kappa shape index (κ1) is 12.8. The monoisotopic (exact) mass is 232 g/mol. The maximum absolute atomic E-state index is 11.2. The molecule has 0 fully saturated rings. The second-order valence-electron chi connectivity index (χ2n) is 1.63. The van der Waals surface area contributed by atoms with E-state index in [4.69, 9.17) is 4.89 Å². The molecular formula is C4H10O7P2. The SMILES string of the molecule is C=COP(=O)(OC)OP(=O)(O)OC. The van der Waals surface area contributed by atoms with Crippen LogP contribution in [-0.4, -0.2) is 19.1 Å². The fourth-order valence-electron chi connectivity index (χ4n) is 0.347. The number of phosphoric acid groups is 2. The summed E-state index contributed by atoms with van der Waals surface area (Å²) in [5.41, 5.74) is 0. The van der Waals surface area contributed by atoms with Crippen molar-refractivity contribution < 1.29 is 31.9 Å². The third-order valence-electron chi connectivity index (χ3n) is 0.861. The summed E-state index contributed by atoms with van der Waals surface area (Å²) >= 11 is 0. The highest BCUT2D eigenvalue weighted by molar-refractivity contribution is 7.61. The maximum atomic E-state index is 11.2. The van der Waals surface area contributed by atoms with Gasteiger partial charge in [0.1, 0.15) is 0 Å². The normalized spacial score (nSPS) is 19.9. The summed E-state index contributed by atoms with van der Waals surface area (Å²) in [5.74, 6) is 0. The lowest BCUT2D eigenvalue weighted by atomic mass is 11.2. The maximum Gasteiger partial charge on any atom is 0.538 e. The molecule has 13 heavy (non-hydrogen) atoms. The van der Waals surface area contributed by atoms with E-state index in [0.29, 0.717) is 0 Å². The minimum Gasteiger partial charge on any atom is -0.412 e. The van der Waals surface area contributed by atoms with Gasteiger partial charge in [-0.15, -0.1) is 0 Å². The highest BCUT2D eigenvalue weighted by Gasteiger charge is 2.36. The molecule has 0 bridgehead atoms. The highest BCUT2D eigenvalue weighted by Crippen LogP contribution is 2.62. The number of rotatable bonds is 6. The second kappa shape index (κ2) is 4.91. The van der Waals surface area contributed by atoms with Gasteiger partial charge in [0.05, 0.1) is 6.26 Å². The molecule has 0 radical (unpaired) electrons. The molecule has 1 N–H and O–H groups in total.